The molecule has 0 spiro atoms. The van der Waals surface area contributed by atoms with Crippen LogP contribution in [0.1, 0.15) is 32.8 Å². The van der Waals surface area contributed by atoms with Crippen molar-refractivity contribution in [1.29, 1.82) is 0 Å². The van der Waals surface area contributed by atoms with Crippen molar-refractivity contribution in [3.8, 4) is 5.75 Å². The summed E-state index contributed by atoms with van der Waals surface area (Å²) in [5, 5.41) is 3.38. The summed E-state index contributed by atoms with van der Waals surface area (Å²) in [5.41, 5.74) is 1.24. The molecule has 2 nitrogen and oxygen atoms in total. The molecular formula is C13H19Br2NO. The Labute approximate surface area is 120 Å². The van der Waals surface area contributed by atoms with Gasteiger partial charge in [0, 0.05) is 6.54 Å². The van der Waals surface area contributed by atoms with E-state index < -0.39 is 0 Å². The molecule has 1 N–H and O–H groups in total. The van der Waals surface area contributed by atoms with Gasteiger partial charge in [-0.15, -0.1) is 0 Å². The Morgan fingerprint density at radius 1 is 1.24 bits per heavy atom. The van der Waals surface area contributed by atoms with Gasteiger partial charge in [0.1, 0.15) is 5.75 Å². The highest BCUT2D eigenvalue weighted by Crippen LogP contribution is 2.35. The van der Waals surface area contributed by atoms with Gasteiger partial charge in [0.05, 0.1) is 15.0 Å². The first kappa shape index (κ1) is 15.0. The Hall–Kier alpha value is -0.0600. The van der Waals surface area contributed by atoms with E-state index in [9.17, 15) is 0 Å². The molecule has 0 unspecified atom stereocenters. The smallest absolute Gasteiger partial charge is 0.148 e. The van der Waals surface area contributed by atoms with Crippen LogP contribution in [0.2, 0.25) is 0 Å². The lowest BCUT2D eigenvalue weighted by Gasteiger charge is -2.15. The monoisotopic (exact) mass is 363 g/mol. The third-order valence-corrected chi connectivity index (χ3v) is 3.35. The summed E-state index contributed by atoms with van der Waals surface area (Å²) in [7, 11) is 0. The van der Waals surface area contributed by atoms with Crippen LogP contribution in [0.4, 0.5) is 0 Å². The van der Waals surface area contributed by atoms with Crippen molar-refractivity contribution >= 4 is 31.9 Å². The Morgan fingerprint density at radius 2 is 1.82 bits per heavy atom. The molecule has 1 rings (SSSR count). The average molecular weight is 365 g/mol. The summed E-state index contributed by atoms with van der Waals surface area (Å²) in [5.74, 6) is 0.874. The fraction of sp³-hybridized carbons (Fsp3) is 0.538. The topological polar surface area (TPSA) is 21.3 Å². The van der Waals surface area contributed by atoms with E-state index in [0.29, 0.717) is 0 Å². The van der Waals surface area contributed by atoms with Crippen molar-refractivity contribution in [1.82, 2.24) is 5.32 Å². The number of hydrogen-bond donors (Lipinski definition) is 1. The minimum Gasteiger partial charge on any atom is -0.489 e. The van der Waals surface area contributed by atoms with E-state index >= 15 is 0 Å². The molecule has 0 aliphatic carbocycles. The van der Waals surface area contributed by atoms with E-state index in [2.05, 4.69) is 56.2 Å². The summed E-state index contributed by atoms with van der Waals surface area (Å²) in [6.07, 6.45) is 1.32. The standard InChI is InChI=1S/C13H19Br2NO/c1-4-5-16-8-10-6-11(14)13(12(15)7-10)17-9(2)3/h6-7,9,16H,4-5,8H2,1-3H3. The van der Waals surface area contributed by atoms with E-state index in [1.807, 2.05) is 13.8 Å². The molecule has 0 heterocycles. The van der Waals surface area contributed by atoms with Crippen molar-refractivity contribution in [2.75, 3.05) is 6.54 Å². The zero-order chi connectivity index (χ0) is 12.8. The first-order valence-corrected chi connectivity index (χ1v) is 7.48. The van der Waals surface area contributed by atoms with Crippen LogP contribution in [0.25, 0.3) is 0 Å². The van der Waals surface area contributed by atoms with Gasteiger partial charge in [-0.1, -0.05) is 6.92 Å². The van der Waals surface area contributed by atoms with Crippen molar-refractivity contribution in [3.05, 3.63) is 26.6 Å². The Morgan fingerprint density at radius 3 is 2.29 bits per heavy atom. The van der Waals surface area contributed by atoms with Crippen LogP contribution < -0.4 is 10.1 Å². The van der Waals surface area contributed by atoms with Gasteiger partial charge in [-0.3, -0.25) is 0 Å². The summed E-state index contributed by atoms with van der Waals surface area (Å²) in [6, 6.07) is 4.20. The number of nitrogens with one attached hydrogen (secondary N) is 1. The van der Waals surface area contributed by atoms with Gasteiger partial charge in [0.25, 0.3) is 0 Å². The van der Waals surface area contributed by atoms with Crippen LogP contribution in [0.15, 0.2) is 21.1 Å². The Bertz CT molecular complexity index is 343. The number of halogens is 2. The SMILES string of the molecule is CCCNCc1cc(Br)c(OC(C)C)c(Br)c1. The fourth-order valence-electron chi connectivity index (χ4n) is 1.47. The minimum atomic E-state index is 0.173. The van der Waals surface area contributed by atoms with Crippen molar-refractivity contribution in [2.45, 2.75) is 39.8 Å². The van der Waals surface area contributed by atoms with E-state index in [4.69, 9.17) is 4.74 Å². The quantitative estimate of drug-likeness (QED) is 0.750. The molecule has 96 valence electrons. The van der Waals surface area contributed by atoms with Gasteiger partial charge >= 0.3 is 0 Å². The first-order valence-electron chi connectivity index (χ1n) is 5.89. The molecule has 0 fully saturated rings. The lowest BCUT2D eigenvalue weighted by Crippen LogP contribution is -2.14. The maximum absolute atomic E-state index is 5.74. The second-order valence-corrected chi connectivity index (χ2v) is 5.94. The number of hydrogen-bond acceptors (Lipinski definition) is 2. The predicted molar refractivity (Wildman–Crippen MR) is 79.6 cm³/mol. The highest BCUT2D eigenvalue weighted by molar-refractivity contribution is 9.11. The van der Waals surface area contributed by atoms with Gasteiger partial charge in [-0.2, -0.15) is 0 Å². The number of benzene rings is 1. The lowest BCUT2D eigenvalue weighted by atomic mass is 10.2. The van der Waals surface area contributed by atoms with Gasteiger partial charge in [-0.25, -0.2) is 0 Å². The molecule has 1 aromatic carbocycles. The molecule has 0 amide bonds. The summed E-state index contributed by atoms with van der Waals surface area (Å²) in [6.45, 7) is 8.14. The largest absolute Gasteiger partial charge is 0.489 e. The Balaban J connectivity index is 2.78. The maximum atomic E-state index is 5.74. The molecule has 0 atom stereocenters. The number of ether oxygens (including phenoxy) is 1. The summed E-state index contributed by atoms with van der Waals surface area (Å²) < 4.78 is 7.73. The normalized spacial score (nSPS) is 10.9. The van der Waals surface area contributed by atoms with E-state index in [1.54, 1.807) is 0 Å². The van der Waals surface area contributed by atoms with Crippen LogP contribution in [0.5, 0.6) is 5.75 Å². The molecular weight excluding hydrogens is 346 g/mol. The van der Waals surface area contributed by atoms with E-state index in [0.717, 1.165) is 34.2 Å². The average Bonchev–Trinajstić information content (AvgIpc) is 2.24. The highest BCUT2D eigenvalue weighted by atomic mass is 79.9. The maximum Gasteiger partial charge on any atom is 0.148 e. The summed E-state index contributed by atoms with van der Waals surface area (Å²) in [4.78, 5) is 0. The van der Waals surface area contributed by atoms with Gasteiger partial charge in [0.15, 0.2) is 0 Å². The predicted octanol–water partition coefficient (Wildman–Crippen LogP) is 4.50. The third-order valence-electron chi connectivity index (χ3n) is 2.17. The molecule has 0 saturated carbocycles. The molecule has 0 saturated heterocycles. The van der Waals surface area contributed by atoms with Crippen LogP contribution in [-0.2, 0) is 6.54 Å². The molecule has 0 bridgehead atoms. The van der Waals surface area contributed by atoms with Crippen LogP contribution >= 0.6 is 31.9 Å². The van der Waals surface area contributed by atoms with Crippen LogP contribution in [-0.4, -0.2) is 12.6 Å². The van der Waals surface area contributed by atoms with E-state index in [-0.39, 0.29) is 6.10 Å². The molecule has 17 heavy (non-hydrogen) atoms. The fourth-order valence-corrected chi connectivity index (χ4v) is 2.94. The molecule has 0 aliphatic heterocycles. The minimum absolute atomic E-state index is 0.173. The van der Waals surface area contributed by atoms with Crippen molar-refractivity contribution < 1.29 is 4.74 Å². The zero-order valence-electron chi connectivity index (χ0n) is 10.5. The second-order valence-electron chi connectivity index (χ2n) is 4.23. The summed E-state index contributed by atoms with van der Waals surface area (Å²) >= 11 is 7.11. The lowest BCUT2D eigenvalue weighted by molar-refractivity contribution is 0.239. The zero-order valence-corrected chi connectivity index (χ0v) is 13.7. The molecule has 1 aromatic rings. The molecule has 0 aromatic heterocycles. The highest BCUT2D eigenvalue weighted by Gasteiger charge is 2.10. The van der Waals surface area contributed by atoms with Crippen LogP contribution in [0, 0.1) is 0 Å². The van der Waals surface area contributed by atoms with Gasteiger partial charge in [-0.05, 0) is 76.4 Å². The van der Waals surface area contributed by atoms with Crippen molar-refractivity contribution in [2.24, 2.45) is 0 Å². The van der Waals surface area contributed by atoms with Gasteiger partial charge < -0.3 is 10.1 Å². The van der Waals surface area contributed by atoms with E-state index in [1.165, 1.54) is 5.56 Å². The molecule has 0 aliphatic rings. The molecule has 4 heteroatoms. The number of rotatable bonds is 6. The van der Waals surface area contributed by atoms with Crippen LogP contribution in [0.3, 0.4) is 0 Å². The second kappa shape index (κ2) is 7.39. The first-order chi connectivity index (χ1) is 8.04. The Kier molecular flexibility index (Phi) is 6.52. The van der Waals surface area contributed by atoms with Gasteiger partial charge in [0.2, 0.25) is 0 Å². The molecule has 0 radical (unpaired) electrons. The third kappa shape index (κ3) is 4.98. The van der Waals surface area contributed by atoms with Crippen molar-refractivity contribution in [3.63, 3.8) is 0 Å².